The van der Waals surface area contributed by atoms with Crippen molar-refractivity contribution in [3.05, 3.63) is 5.89 Å². The van der Waals surface area contributed by atoms with Gasteiger partial charge in [-0.25, -0.2) is 8.42 Å². The zero-order valence-corrected chi connectivity index (χ0v) is 14.5. The van der Waals surface area contributed by atoms with Crippen molar-refractivity contribution in [3.8, 4) is 0 Å². The average molecular weight is 347 g/mol. The number of carbonyl (C=O) groups excluding carboxylic acids is 1. The van der Waals surface area contributed by atoms with Crippen LogP contribution in [-0.4, -0.2) is 47.8 Å². The van der Waals surface area contributed by atoms with E-state index in [2.05, 4.69) is 15.5 Å². The zero-order chi connectivity index (χ0) is 16.3. The number of sulfone groups is 1. The molecule has 124 valence electrons. The Balaban J connectivity index is 1.84. The van der Waals surface area contributed by atoms with Gasteiger partial charge in [-0.2, -0.15) is 0 Å². The number of thioether (sulfide) groups is 1. The number of aromatic nitrogens is 2. The smallest absolute Gasteiger partial charge is 0.277 e. The summed E-state index contributed by atoms with van der Waals surface area (Å²) in [6.07, 6.45) is 0.515. The van der Waals surface area contributed by atoms with E-state index in [1.807, 2.05) is 20.8 Å². The Morgan fingerprint density at radius 2 is 2.14 bits per heavy atom. The molecule has 0 saturated carbocycles. The van der Waals surface area contributed by atoms with Gasteiger partial charge in [-0.15, -0.1) is 10.2 Å². The number of nitrogens with one attached hydrogen (secondary N) is 1. The summed E-state index contributed by atoms with van der Waals surface area (Å²) in [5.41, 5.74) is 0. The number of hydrogen-bond acceptors (Lipinski definition) is 7. The molecule has 0 aliphatic carbocycles. The first-order valence-corrected chi connectivity index (χ1v) is 10.0. The van der Waals surface area contributed by atoms with Crippen molar-refractivity contribution in [2.24, 2.45) is 5.92 Å². The first-order valence-electron chi connectivity index (χ1n) is 7.23. The fraction of sp³-hybridized carbons (Fsp3) is 0.769. The quantitative estimate of drug-likeness (QED) is 0.772. The van der Waals surface area contributed by atoms with Gasteiger partial charge in [0.2, 0.25) is 11.8 Å². The van der Waals surface area contributed by atoms with E-state index in [1.165, 1.54) is 0 Å². The molecule has 1 saturated heterocycles. The predicted octanol–water partition coefficient (Wildman–Crippen LogP) is 1.22. The summed E-state index contributed by atoms with van der Waals surface area (Å²) < 4.78 is 28.4. The monoisotopic (exact) mass is 347 g/mol. The highest BCUT2D eigenvalue weighted by molar-refractivity contribution is 7.99. The lowest BCUT2D eigenvalue weighted by atomic mass is 10.1. The van der Waals surface area contributed by atoms with Crippen LogP contribution in [0.25, 0.3) is 0 Å². The van der Waals surface area contributed by atoms with Crippen LogP contribution in [0.1, 0.15) is 39.0 Å². The molecule has 1 aromatic rings. The summed E-state index contributed by atoms with van der Waals surface area (Å²) in [5.74, 6) is 0.828. The van der Waals surface area contributed by atoms with Crippen LogP contribution in [0.5, 0.6) is 0 Å². The molecule has 1 aliphatic heterocycles. The summed E-state index contributed by atoms with van der Waals surface area (Å²) in [4.78, 5) is 11.8. The van der Waals surface area contributed by atoms with Crippen molar-refractivity contribution in [1.29, 1.82) is 0 Å². The Bertz CT molecular complexity index is 627. The highest BCUT2D eigenvalue weighted by atomic mass is 32.2. The van der Waals surface area contributed by atoms with Crippen molar-refractivity contribution in [1.82, 2.24) is 15.5 Å². The number of nitrogens with zero attached hydrogens (tertiary/aromatic N) is 2. The summed E-state index contributed by atoms with van der Waals surface area (Å²) in [6, 6.07) is 0.107. The molecule has 2 atom stereocenters. The van der Waals surface area contributed by atoms with Gasteiger partial charge in [0.05, 0.1) is 23.2 Å². The van der Waals surface area contributed by atoms with Crippen LogP contribution in [0.4, 0.5) is 0 Å². The minimum atomic E-state index is -2.98. The fourth-order valence-corrected chi connectivity index (χ4v) is 4.34. The zero-order valence-electron chi connectivity index (χ0n) is 12.9. The molecule has 0 aromatic carbocycles. The maximum atomic E-state index is 11.8. The molecule has 22 heavy (non-hydrogen) atoms. The van der Waals surface area contributed by atoms with Gasteiger partial charge in [-0.1, -0.05) is 25.6 Å². The maximum absolute atomic E-state index is 11.8. The van der Waals surface area contributed by atoms with E-state index in [0.717, 1.165) is 11.8 Å². The van der Waals surface area contributed by atoms with Gasteiger partial charge in [-0.05, 0) is 19.3 Å². The van der Waals surface area contributed by atoms with E-state index in [4.69, 9.17) is 4.42 Å². The lowest BCUT2D eigenvalue weighted by molar-refractivity contribution is -0.119. The van der Waals surface area contributed by atoms with Crippen molar-refractivity contribution in [3.63, 3.8) is 0 Å². The first-order chi connectivity index (χ1) is 10.3. The molecular weight excluding hydrogens is 326 g/mol. The molecule has 2 heterocycles. The highest BCUT2D eigenvalue weighted by Gasteiger charge is 2.32. The van der Waals surface area contributed by atoms with Gasteiger partial charge >= 0.3 is 0 Å². The van der Waals surface area contributed by atoms with Gasteiger partial charge < -0.3 is 9.73 Å². The van der Waals surface area contributed by atoms with Crippen LogP contribution in [-0.2, 0) is 14.6 Å². The molecule has 0 spiro atoms. The lowest BCUT2D eigenvalue weighted by Crippen LogP contribution is -2.37. The predicted molar refractivity (Wildman–Crippen MR) is 83.5 cm³/mol. The highest BCUT2D eigenvalue weighted by Crippen LogP contribution is 2.29. The molecule has 0 radical (unpaired) electrons. The molecular formula is C13H21N3O4S2. The molecule has 1 amide bonds. The van der Waals surface area contributed by atoms with Gasteiger partial charge in [0.25, 0.3) is 5.22 Å². The molecule has 1 aliphatic rings. The Morgan fingerprint density at radius 1 is 1.41 bits per heavy atom. The van der Waals surface area contributed by atoms with Crippen molar-refractivity contribution < 1.29 is 17.6 Å². The topological polar surface area (TPSA) is 102 Å². The molecule has 7 nitrogen and oxygen atoms in total. The van der Waals surface area contributed by atoms with Gasteiger partial charge in [0.1, 0.15) is 0 Å². The summed E-state index contributed by atoms with van der Waals surface area (Å²) in [5, 5.41) is 11.0. The van der Waals surface area contributed by atoms with Crippen molar-refractivity contribution >= 4 is 27.5 Å². The second kappa shape index (κ2) is 6.99. The Morgan fingerprint density at radius 3 is 2.73 bits per heavy atom. The van der Waals surface area contributed by atoms with Crippen LogP contribution in [0.3, 0.4) is 0 Å². The third-order valence-electron chi connectivity index (χ3n) is 3.72. The summed E-state index contributed by atoms with van der Waals surface area (Å²) in [6.45, 7) is 6.04. The fourth-order valence-electron chi connectivity index (χ4n) is 2.02. The van der Waals surface area contributed by atoms with Crippen LogP contribution in [0.2, 0.25) is 0 Å². The van der Waals surface area contributed by atoms with E-state index >= 15 is 0 Å². The number of rotatable bonds is 6. The minimum Gasteiger partial charge on any atom is -0.416 e. The summed E-state index contributed by atoms with van der Waals surface area (Å²) >= 11 is 1.16. The molecule has 1 fully saturated rings. The normalized spacial score (nSPS) is 21.9. The van der Waals surface area contributed by atoms with Gasteiger partial charge in [0, 0.05) is 6.04 Å². The molecule has 1 aromatic heterocycles. The van der Waals surface area contributed by atoms with E-state index in [0.29, 0.717) is 23.5 Å². The Hall–Kier alpha value is -1.09. The Kier molecular flexibility index (Phi) is 5.49. The maximum Gasteiger partial charge on any atom is 0.277 e. The van der Waals surface area contributed by atoms with Crippen molar-refractivity contribution in [2.75, 3.05) is 17.3 Å². The van der Waals surface area contributed by atoms with Gasteiger partial charge in [0.15, 0.2) is 9.84 Å². The third-order valence-corrected chi connectivity index (χ3v) is 6.31. The van der Waals surface area contributed by atoms with Crippen LogP contribution in [0.15, 0.2) is 9.64 Å². The second-order valence-corrected chi connectivity index (χ2v) is 9.05. The number of hydrogen-bond donors (Lipinski definition) is 1. The van der Waals surface area contributed by atoms with E-state index in [9.17, 15) is 13.2 Å². The first kappa shape index (κ1) is 17.3. The van der Waals surface area contributed by atoms with Crippen molar-refractivity contribution in [2.45, 2.75) is 44.4 Å². The molecule has 9 heteroatoms. The lowest BCUT2D eigenvalue weighted by Gasteiger charge is -2.16. The molecule has 0 unspecified atom stereocenters. The largest absolute Gasteiger partial charge is 0.416 e. The van der Waals surface area contributed by atoms with Crippen LogP contribution < -0.4 is 5.32 Å². The molecule has 0 bridgehead atoms. The Labute approximate surface area is 134 Å². The van der Waals surface area contributed by atoms with Gasteiger partial charge in [-0.3, -0.25) is 4.79 Å². The molecule has 1 N–H and O–H groups in total. The third kappa shape index (κ3) is 4.70. The van der Waals surface area contributed by atoms with Crippen LogP contribution in [0, 0.1) is 5.92 Å². The number of carbonyl (C=O) groups is 1. The van der Waals surface area contributed by atoms with E-state index < -0.39 is 9.84 Å². The molecule has 2 rings (SSSR count). The summed E-state index contributed by atoms with van der Waals surface area (Å²) in [7, 11) is -2.98. The number of amides is 1. The van der Waals surface area contributed by atoms with Crippen LogP contribution >= 0.6 is 11.8 Å². The standard InChI is InChI=1S/C13H21N3O4S2/c1-8(2)9(3)14-11(17)6-21-13-16-15-12(20-13)10-4-5-22(18,19)7-10/h8-10H,4-7H2,1-3H3,(H,14,17)/t9-,10-/m0/s1. The minimum absolute atomic E-state index is 0.0612. The second-order valence-electron chi connectivity index (χ2n) is 5.90. The van der Waals surface area contributed by atoms with E-state index in [1.54, 1.807) is 0 Å². The van der Waals surface area contributed by atoms with E-state index in [-0.39, 0.29) is 35.1 Å². The average Bonchev–Trinajstić information content (AvgIpc) is 3.02. The SMILES string of the molecule is CC(C)[C@H](C)NC(=O)CSc1nnc([C@H]2CCS(=O)(=O)C2)o1.